The molecule has 0 spiro atoms. The summed E-state index contributed by atoms with van der Waals surface area (Å²) in [6.45, 7) is 1.78. The molecule has 0 fully saturated rings. The van der Waals surface area contributed by atoms with Crippen LogP contribution in [0.3, 0.4) is 0 Å². The number of benzene rings is 2. The van der Waals surface area contributed by atoms with Gasteiger partial charge in [-0.05, 0) is 35.6 Å². The first-order valence-electron chi connectivity index (χ1n) is 7.38. The lowest BCUT2D eigenvalue weighted by atomic mass is 9.47. The minimum atomic E-state index is -0.960. The topological polar surface area (TPSA) is 61.1 Å². The second kappa shape index (κ2) is 3.98. The molecule has 1 atom stereocenters. The van der Waals surface area contributed by atoms with Crippen LogP contribution in [0.4, 0.5) is 0 Å². The number of aliphatic carboxylic acids is 1. The second-order valence-electron chi connectivity index (χ2n) is 6.52. The fraction of sp³-hybridized carbons (Fsp3) is 0.263. The second-order valence-corrected chi connectivity index (χ2v) is 6.52. The van der Waals surface area contributed by atoms with Crippen molar-refractivity contribution < 1.29 is 9.90 Å². The van der Waals surface area contributed by atoms with Crippen LogP contribution >= 0.6 is 0 Å². The SMILES string of the molecule is C[C@]1(C(=O)O)CC2(C#N)c3ccccc3C1c1ccccc12. The summed E-state index contributed by atoms with van der Waals surface area (Å²) in [6, 6.07) is 18.1. The molecule has 0 aromatic heterocycles. The molecule has 3 nitrogen and oxygen atoms in total. The van der Waals surface area contributed by atoms with Gasteiger partial charge in [-0.3, -0.25) is 4.79 Å². The summed E-state index contributed by atoms with van der Waals surface area (Å²) in [5.41, 5.74) is 2.09. The summed E-state index contributed by atoms with van der Waals surface area (Å²) < 4.78 is 0. The Balaban J connectivity index is 2.16. The molecule has 3 heteroatoms. The highest BCUT2D eigenvalue weighted by atomic mass is 16.4. The zero-order valence-electron chi connectivity index (χ0n) is 12.2. The van der Waals surface area contributed by atoms with Crippen molar-refractivity contribution in [2.24, 2.45) is 5.41 Å². The van der Waals surface area contributed by atoms with Crippen molar-refractivity contribution in [1.29, 1.82) is 5.26 Å². The quantitative estimate of drug-likeness (QED) is 0.874. The number of carboxylic acid groups (broad SMARTS) is 1. The Kier molecular flexibility index (Phi) is 2.37. The number of carbonyl (C=O) groups is 1. The lowest BCUT2D eigenvalue weighted by Crippen LogP contribution is -2.52. The van der Waals surface area contributed by atoms with Crippen LogP contribution in [0.1, 0.15) is 41.5 Å². The Morgan fingerprint density at radius 1 is 1.14 bits per heavy atom. The number of rotatable bonds is 1. The lowest BCUT2D eigenvalue weighted by molar-refractivity contribution is -0.150. The Labute approximate surface area is 128 Å². The molecule has 1 N–H and O–H groups in total. The van der Waals surface area contributed by atoms with Gasteiger partial charge in [0.2, 0.25) is 0 Å². The minimum absolute atomic E-state index is 0.201. The minimum Gasteiger partial charge on any atom is -0.481 e. The average molecular weight is 289 g/mol. The maximum atomic E-state index is 12.0. The van der Waals surface area contributed by atoms with E-state index in [9.17, 15) is 15.2 Å². The fourth-order valence-electron chi connectivity index (χ4n) is 4.48. The number of nitriles is 1. The van der Waals surface area contributed by atoms with E-state index in [1.54, 1.807) is 6.92 Å². The summed E-state index contributed by atoms with van der Waals surface area (Å²) in [7, 11) is 0. The summed E-state index contributed by atoms with van der Waals surface area (Å²) in [6.07, 6.45) is 0.324. The van der Waals surface area contributed by atoms with Crippen LogP contribution in [-0.2, 0) is 10.2 Å². The lowest BCUT2D eigenvalue weighted by Gasteiger charge is -2.53. The number of hydrogen-bond donors (Lipinski definition) is 1. The highest BCUT2D eigenvalue weighted by molar-refractivity contribution is 5.81. The van der Waals surface area contributed by atoms with Crippen LogP contribution in [0, 0.1) is 16.7 Å². The van der Waals surface area contributed by atoms with Crippen LogP contribution in [0.15, 0.2) is 48.5 Å². The largest absolute Gasteiger partial charge is 0.481 e. The standard InChI is InChI=1S/C19H15NO2/c1-18(17(21)22)10-19(11-20)14-8-4-2-6-12(14)16(18)13-7-3-5-9-15(13)19/h2-9,16H,10H2,1H3,(H,21,22)/t16?,18-,19?/m0/s1. The van der Waals surface area contributed by atoms with Gasteiger partial charge in [-0.2, -0.15) is 5.26 Å². The first kappa shape index (κ1) is 13.1. The molecule has 22 heavy (non-hydrogen) atoms. The molecule has 2 bridgehead atoms. The van der Waals surface area contributed by atoms with Crippen LogP contribution in [0.2, 0.25) is 0 Å². The van der Waals surface area contributed by atoms with E-state index < -0.39 is 16.8 Å². The Bertz CT molecular complexity index is 801. The number of nitrogens with zero attached hydrogens (tertiary/aromatic N) is 1. The normalized spacial score (nSPS) is 31.0. The summed E-state index contributed by atoms with van der Waals surface area (Å²) in [5, 5.41) is 19.9. The number of fused-ring (bicyclic) bond motifs is 1. The molecule has 0 radical (unpaired) electrons. The first-order chi connectivity index (χ1) is 10.5. The average Bonchev–Trinajstić information content (AvgIpc) is 2.55. The summed E-state index contributed by atoms with van der Waals surface area (Å²) in [5.74, 6) is -1.03. The molecule has 108 valence electrons. The van der Waals surface area contributed by atoms with Gasteiger partial charge in [0.05, 0.1) is 11.5 Å². The van der Waals surface area contributed by atoms with E-state index in [0.717, 1.165) is 22.3 Å². The Hall–Kier alpha value is -2.60. The van der Waals surface area contributed by atoms with Crippen molar-refractivity contribution in [3.8, 4) is 6.07 Å². The van der Waals surface area contributed by atoms with Gasteiger partial charge in [-0.25, -0.2) is 0 Å². The smallest absolute Gasteiger partial charge is 0.310 e. The third kappa shape index (κ3) is 1.28. The maximum Gasteiger partial charge on any atom is 0.310 e. The number of hydrogen-bond acceptors (Lipinski definition) is 2. The molecule has 2 aromatic carbocycles. The van der Waals surface area contributed by atoms with Crippen LogP contribution in [0.25, 0.3) is 0 Å². The van der Waals surface area contributed by atoms with Crippen molar-refractivity contribution in [2.45, 2.75) is 24.7 Å². The molecule has 0 saturated carbocycles. The fourth-order valence-corrected chi connectivity index (χ4v) is 4.48. The molecule has 0 aliphatic heterocycles. The predicted molar refractivity (Wildman–Crippen MR) is 81.5 cm³/mol. The zero-order chi connectivity index (χ0) is 15.5. The van der Waals surface area contributed by atoms with Gasteiger partial charge in [-0.1, -0.05) is 48.5 Å². The van der Waals surface area contributed by atoms with Crippen molar-refractivity contribution in [3.05, 3.63) is 70.8 Å². The van der Waals surface area contributed by atoms with Crippen LogP contribution in [0.5, 0.6) is 0 Å². The molecule has 3 aliphatic carbocycles. The van der Waals surface area contributed by atoms with E-state index in [1.807, 2.05) is 48.5 Å². The molecule has 0 saturated heterocycles. The highest BCUT2D eigenvalue weighted by Crippen LogP contribution is 2.63. The molecular formula is C19H15NO2. The van der Waals surface area contributed by atoms with Gasteiger partial charge < -0.3 is 5.11 Å². The van der Waals surface area contributed by atoms with E-state index >= 15 is 0 Å². The van der Waals surface area contributed by atoms with Crippen molar-refractivity contribution in [1.82, 2.24) is 0 Å². The van der Waals surface area contributed by atoms with Gasteiger partial charge >= 0.3 is 5.97 Å². The van der Waals surface area contributed by atoms with E-state index in [0.29, 0.717) is 6.42 Å². The molecule has 3 aliphatic rings. The van der Waals surface area contributed by atoms with Crippen molar-refractivity contribution in [2.75, 3.05) is 0 Å². The first-order valence-corrected chi connectivity index (χ1v) is 7.38. The van der Waals surface area contributed by atoms with Gasteiger partial charge in [-0.15, -0.1) is 0 Å². The maximum absolute atomic E-state index is 12.0. The van der Waals surface area contributed by atoms with Gasteiger partial charge in [0.1, 0.15) is 5.41 Å². The monoisotopic (exact) mass is 289 g/mol. The van der Waals surface area contributed by atoms with E-state index in [1.165, 1.54) is 0 Å². The van der Waals surface area contributed by atoms with Gasteiger partial charge in [0.15, 0.2) is 0 Å². The van der Waals surface area contributed by atoms with Crippen molar-refractivity contribution in [3.63, 3.8) is 0 Å². The number of carboxylic acids is 1. The molecule has 5 rings (SSSR count). The zero-order valence-corrected chi connectivity index (χ0v) is 12.2. The van der Waals surface area contributed by atoms with E-state index in [2.05, 4.69) is 6.07 Å². The molecule has 0 amide bonds. The third-order valence-electron chi connectivity index (χ3n) is 5.41. The highest BCUT2D eigenvalue weighted by Gasteiger charge is 2.61. The Morgan fingerprint density at radius 3 is 2.09 bits per heavy atom. The molecular weight excluding hydrogens is 274 g/mol. The molecule has 0 heterocycles. The third-order valence-corrected chi connectivity index (χ3v) is 5.41. The van der Waals surface area contributed by atoms with Crippen LogP contribution in [-0.4, -0.2) is 11.1 Å². The van der Waals surface area contributed by atoms with Crippen molar-refractivity contribution >= 4 is 5.97 Å². The van der Waals surface area contributed by atoms with Crippen LogP contribution < -0.4 is 0 Å². The van der Waals surface area contributed by atoms with E-state index in [-0.39, 0.29) is 5.92 Å². The predicted octanol–water partition coefficient (Wildman–Crippen LogP) is 3.44. The summed E-state index contributed by atoms with van der Waals surface area (Å²) in [4.78, 5) is 12.0. The van der Waals surface area contributed by atoms with E-state index in [4.69, 9.17) is 0 Å². The van der Waals surface area contributed by atoms with Gasteiger partial charge in [0.25, 0.3) is 0 Å². The summed E-state index contributed by atoms with van der Waals surface area (Å²) >= 11 is 0. The Morgan fingerprint density at radius 2 is 1.64 bits per heavy atom. The molecule has 0 unspecified atom stereocenters. The molecule has 2 aromatic rings. The van der Waals surface area contributed by atoms with Gasteiger partial charge in [0, 0.05) is 5.92 Å².